The summed E-state index contributed by atoms with van der Waals surface area (Å²) in [5, 5.41) is 4.53. The molecule has 0 spiro atoms. The number of halogens is 1. The number of nitrogens with one attached hydrogen (secondary N) is 1. The molecule has 2 aromatic rings. The van der Waals surface area contributed by atoms with E-state index >= 15 is 0 Å². The Morgan fingerprint density at radius 2 is 2.15 bits per heavy atom. The lowest BCUT2D eigenvalue weighted by Crippen LogP contribution is -2.29. The Bertz CT molecular complexity index is 575. The van der Waals surface area contributed by atoms with Crippen LogP contribution in [0.25, 0.3) is 10.2 Å². The fraction of sp³-hybridized carbons (Fsp3) is 0.562. The lowest BCUT2D eigenvalue weighted by Gasteiger charge is -2.30. The maximum atomic E-state index is 13.2. The van der Waals surface area contributed by atoms with Gasteiger partial charge in [-0.1, -0.05) is 37.5 Å². The van der Waals surface area contributed by atoms with E-state index in [0.29, 0.717) is 6.04 Å². The number of hydrogen-bond acceptors (Lipinski definition) is 3. The van der Waals surface area contributed by atoms with Crippen LogP contribution in [0.3, 0.4) is 0 Å². The third kappa shape index (κ3) is 2.95. The van der Waals surface area contributed by atoms with Gasteiger partial charge < -0.3 is 5.32 Å². The molecule has 1 aliphatic carbocycles. The summed E-state index contributed by atoms with van der Waals surface area (Å²) in [6, 6.07) is 5.33. The summed E-state index contributed by atoms with van der Waals surface area (Å²) in [6.45, 7) is 2.24. The van der Waals surface area contributed by atoms with Gasteiger partial charge in [0.2, 0.25) is 0 Å². The molecule has 1 aromatic heterocycles. The molecule has 1 aromatic carbocycles. The fourth-order valence-corrected chi connectivity index (χ4v) is 4.12. The molecule has 3 rings (SSSR count). The van der Waals surface area contributed by atoms with E-state index in [2.05, 4.69) is 17.2 Å². The molecule has 0 radical (unpaired) electrons. The summed E-state index contributed by atoms with van der Waals surface area (Å²) >= 11 is 1.62. The molecule has 1 fully saturated rings. The number of hydrogen-bond donors (Lipinski definition) is 1. The Hall–Kier alpha value is -1.16. The first-order valence-corrected chi connectivity index (χ1v) is 8.40. The summed E-state index contributed by atoms with van der Waals surface area (Å²) in [7, 11) is 0. The van der Waals surface area contributed by atoms with Crippen LogP contribution < -0.4 is 5.32 Å². The standard InChI is InChI=1S/C16H21FN2S/c1-2-13(11-6-4-3-5-7-11)18-16-19-14-10-12(17)8-9-15(14)20-16/h8-11,13H,2-7H2,1H3,(H,18,19). The molecule has 1 unspecified atom stereocenters. The van der Waals surface area contributed by atoms with Gasteiger partial charge in [0.15, 0.2) is 5.13 Å². The highest BCUT2D eigenvalue weighted by molar-refractivity contribution is 7.22. The van der Waals surface area contributed by atoms with Crippen molar-refractivity contribution in [3.63, 3.8) is 0 Å². The van der Waals surface area contributed by atoms with Gasteiger partial charge in [-0.2, -0.15) is 0 Å². The molecule has 1 atom stereocenters. The third-order valence-corrected chi connectivity index (χ3v) is 5.28. The Labute approximate surface area is 123 Å². The summed E-state index contributed by atoms with van der Waals surface area (Å²) < 4.78 is 14.3. The minimum atomic E-state index is -0.214. The van der Waals surface area contributed by atoms with Crippen LogP contribution in [0.4, 0.5) is 9.52 Å². The van der Waals surface area contributed by atoms with E-state index in [4.69, 9.17) is 0 Å². The van der Waals surface area contributed by atoms with E-state index in [1.807, 2.05) is 6.07 Å². The second kappa shape index (κ2) is 6.08. The lowest BCUT2D eigenvalue weighted by atomic mass is 9.83. The predicted octanol–water partition coefficient (Wildman–Crippen LogP) is 5.21. The zero-order valence-corrected chi connectivity index (χ0v) is 12.7. The van der Waals surface area contributed by atoms with Crippen molar-refractivity contribution in [2.75, 3.05) is 5.32 Å². The van der Waals surface area contributed by atoms with Gasteiger partial charge in [0, 0.05) is 12.1 Å². The number of thiazole rings is 1. The van der Waals surface area contributed by atoms with Crippen molar-refractivity contribution in [2.45, 2.75) is 51.5 Å². The van der Waals surface area contributed by atoms with Crippen LogP contribution in [0.15, 0.2) is 18.2 Å². The number of anilines is 1. The van der Waals surface area contributed by atoms with Gasteiger partial charge in [0.25, 0.3) is 0 Å². The lowest BCUT2D eigenvalue weighted by molar-refractivity contribution is 0.313. The van der Waals surface area contributed by atoms with Crippen molar-refractivity contribution in [2.24, 2.45) is 5.92 Å². The van der Waals surface area contributed by atoms with Gasteiger partial charge in [-0.25, -0.2) is 9.37 Å². The Balaban J connectivity index is 1.76. The van der Waals surface area contributed by atoms with Crippen molar-refractivity contribution < 1.29 is 4.39 Å². The molecule has 0 aliphatic heterocycles. The average molecular weight is 292 g/mol. The van der Waals surface area contributed by atoms with E-state index in [9.17, 15) is 4.39 Å². The van der Waals surface area contributed by atoms with Crippen LogP contribution in [0, 0.1) is 11.7 Å². The van der Waals surface area contributed by atoms with Gasteiger partial charge >= 0.3 is 0 Å². The molecule has 20 heavy (non-hydrogen) atoms. The number of rotatable bonds is 4. The van der Waals surface area contributed by atoms with Crippen LogP contribution in [0.1, 0.15) is 45.4 Å². The molecule has 1 N–H and O–H groups in total. The number of fused-ring (bicyclic) bond motifs is 1. The summed E-state index contributed by atoms with van der Waals surface area (Å²) in [6.07, 6.45) is 7.86. The minimum Gasteiger partial charge on any atom is -0.358 e. The SMILES string of the molecule is CCC(Nc1nc2cc(F)ccc2s1)C1CCCCC1. The van der Waals surface area contributed by atoms with E-state index in [0.717, 1.165) is 27.7 Å². The summed E-state index contributed by atoms with van der Waals surface area (Å²) in [4.78, 5) is 4.52. The molecule has 2 nitrogen and oxygen atoms in total. The van der Waals surface area contributed by atoms with Crippen molar-refractivity contribution in [1.29, 1.82) is 0 Å². The van der Waals surface area contributed by atoms with E-state index in [-0.39, 0.29) is 5.82 Å². The maximum Gasteiger partial charge on any atom is 0.184 e. The predicted molar refractivity (Wildman–Crippen MR) is 83.9 cm³/mol. The van der Waals surface area contributed by atoms with Crippen LogP contribution in [-0.2, 0) is 0 Å². The molecule has 108 valence electrons. The Morgan fingerprint density at radius 1 is 1.35 bits per heavy atom. The maximum absolute atomic E-state index is 13.2. The van der Waals surface area contributed by atoms with Gasteiger partial charge in [-0.05, 0) is 37.3 Å². The second-order valence-electron chi connectivity index (χ2n) is 5.69. The van der Waals surface area contributed by atoms with E-state index in [1.54, 1.807) is 11.3 Å². The quantitative estimate of drug-likeness (QED) is 0.837. The highest BCUT2D eigenvalue weighted by Gasteiger charge is 2.23. The molecular formula is C16H21FN2S. The number of benzene rings is 1. The highest BCUT2D eigenvalue weighted by atomic mass is 32.1. The van der Waals surface area contributed by atoms with Gasteiger partial charge in [-0.3, -0.25) is 0 Å². The number of nitrogens with zero attached hydrogens (tertiary/aromatic N) is 1. The van der Waals surface area contributed by atoms with Gasteiger partial charge in [0.05, 0.1) is 10.2 Å². The first-order valence-electron chi connectivity index (χ1n) is 7.59. The molecule has 0 amide bonds. The molecule has 4 heteroatoms. The van der Waals surface area contributed by atoms with Crippen LogP contribution in [-0.4, -0.2) is 11.0 Å². The number of aromatic nitrogens is 1. The first kappa shape index (κ1) is 13.8. The van der Waals surface area contributed by atoms with Gasteiger partial charge in [0.1, 0.15) is 5.82 Å². The van der Waals surface area contributed by atoms with Crippen molar-refractivity contribution in [3.8, 4) is 0 Å². The van der Waals surface area contributed by atoms with Crippen molar-refractivity contribution in [3.05, 3.63) is 24.0 Å². The first-order chi connectivity index (χ1) is 9.76. The molecule has 0 saturated heterocycles. The highest BCUT2D eigenvalue weighted by Crippen LogP contribution is 2.32. The van der Waals surface area contributed by atoms with Crippen LogP contribution in [0.5, 0.6) is 0 Å². The largest absolute Gasteiger partial charge is 0.358 e. The van der Waals surface area contributed by atoms with Crippen molar-refractivity contribution in [1.82, 2.24) is 4.98 Å². The molecule has 0 bridgehead atoms. The molecule has 1 heterocycles. The molecule has 1 aliphatic rings. The van der Waals surface area contributed by atoms with Crippen LogP contribution >= 0.6 is 11.3 Å². The van der Waals surface area contributed by atoms with Gasteiger partial charge in [-0.15, -0.1) is 0 Å². The van der Waals surface area contributed by atoms with E-state index < -0.39 is 0 Å². The molecule has 1 saturated carbocycles. The van der Waals surface area contributed by atoms with Crippen molar-refractivity contribution >= 4 is 26.7 Å². The minimum absolute atomic E-state index is 0.214. The smallest absolute Gasteiger partial charge is 0.184 e. The monoisotopic (exact) mass is 292 g/mol. The summed E-state index contributed by atoms with van der Waals surface area (Å²) in [5.41, 5.74) is 0.760. The second-order valence-corrected chi connectivity index (χ2v) is 6.72. The zero-order valence-electron chi connectivity index (χ0n) is 11.9. The summed E-state index contributed by atoms with van der Waals surface area (Å²) in [5.74, 6) is 0.547. The normalized spacial score (nSPS) is 18.3. The Kier molecular flexibility index (Phi) is 4.20. The fourth-order valence-electron chi connectivity index (χ4n) is 3.21. The Morgan fingerprint density at radius 3 is 2.90 bits per heavy atom. The zero-order chi connectivity index (χ0) is 13.9. The van der Waals surface area contributed by atoms with Crippen LogP contribution in [0.2, 0.25) is 0 Å². The average Bonchev–Trinajstić information content (AvgIpc) is 2.87. The molecular weight excluding hydrogens is 271 g/mol. The third-order valence-electron chi connectivity index (χ3n) is 4.32. The van der Waals surface area contributed by atoms with E-state index in [1.165, 1.54) is 44.2 Å². The topological polar surface area (TPSA) is 24.9 Å².